The number of allylic oxidation sites excluding steroid dienone is 1. The van der Waals surface area contributed by atoms with Gasteiger partial charge in [-0.25, -0.2) is 9.48 Å². The van der Waals surface area contributed by atoms with E-state index in [4.69, 9.17) is 9.47 Å². The van der Waals surface area contributed by atoms with E-state index in [0.29, 0.717) is 12.0 Å². The summed E-state index contributed by atoms with van der Waals surface area (Å²) in [7, 11) is 0. The molecule has 2 aliphatic carbocycles. The maximum atomic E-state index is 12.3. The predicted octanol–water partition coefficient (Wildman–Crippen LogP) is 6.03. The number of hydrogen-bond acceptors (Lipinski definition) is 7. The smallest absolute Gasteiger partial charge is 0.339 e. The van der Waals surface area contributed by atoms with Gasteiger partial charge < -0.3 is 20.0 Å². The van der Waals surface area contributed by atoms with Crippen molar-refractivity contribution in [3.05, 3.63) is 77.9 Å². The number of rotatable bonds is 9. The molecule has 226 valence electrons. The van der Waals surface area contributed by atoms with Crippen LogP contribution in [0.5, 0.6) is 5.75 Å². The number of carbonyl (C=O) groups is 1. The molecule has 3 aromatic rings. The van der Waals surface area contributed by atoms with Gasteiger partial charge in [-0.3, -0.25) is 5.01 Å². The fourth-order valence-electron chi connectivity index (χ4n) is 7.10. The molecule has 3 atom stereocenters. The summed E-state index contributed by atoms with van der Waals surface area (Å²) in [6.07, 6.45) is 13.1. The molecule has 3 fully saturated rings. The Hall–Kier alpha value is -3.82. The lowest BCUT2D eigenvalue weighted by atomic mass is 9.86. The van der Waals surface area contributed by atoms with Crippen LogP contribution in [0.15, 0.2) is 66.6 Å². The zero-order valence-corrected chi connectivity index (χ0v) is 24.7. The third-order valence-electron chi connectivity index (χ3n) is 9.66. The van der Waals surface area contributed by atoms with E-state index in [-0.39, 0.29) is 23.5 Å². The highest BCUT2D eigenvalue weighted by atomic mass is 16.5. The van der Waals surface area contributed by atoms with Gasteiger partial charge in [-0.15, -0.1) is 5.53 Å². The summed E-state index contributed by atoms with van der Waals surface area (Å²) in [4.78, 5) is 12.3. The van der Waals surface area contributed by atoms with Gasteiger partial charge in [0.25, 0.3) is 0 Å². The number of carboxylic acids is 1. The normalized spacial score (nSPS) is 23.5. The van der Waals surface area contributed by atoms with Crippen molar-refractivity contribution < 1.29 is 19.4 Å². The van der Waals surface area contributed by atoms with Crippen LogP contribution >= 0.6 is 0 Å². The molecule has 2 saturated carbocycles. The molecule has 43 heavy (non-hydrogen) atoms. The third kappa shape index (κ3) is 5.88. The first-order chi connectivity index (χ1) is 21.0. The number of benzene rings is 2. The molecular formula is C34H41N5O4. The Bertz CT molecular complexity index is 1490. The van der Waals surface area contributed by atoms with Crippen molar-refractivity contribution in [1.29, 1.82) is 0 Å². The van der Waals surface area contributed by atoms with Crippen LogP contribution in [-0.2, 0) is 4.74 Å². The van der Waals surface area contributed by atoms with E-state index in [1.54, 1.807) is 0 Å². The summed E-state index contributed by atoms with van der Waals surface area (Å²) < 4.78 is 13.8. The zero-order valence-electron chi connectivity index (χ0n) is 24.7. The minimum absolute atomic E-state index is 0.0606. The summed E-state index contributed by atoms with van der Waals surface area (Å²) in [6, 6.07) is 16.8. The summed E-state index contributed by atoms with van der Waals surface area (Å²) in [5.74, 6) is 0.815. The monoisotopic (exact) mass is 583 g/mol. The number of hydrazine groups is 2. The molecule has 7 rings (SSSR count). The summed E-state index contributed by atoms with van der Waals surface area (Å²) in [5, 5.41) is 16.8. The molecule has 1 aromatic heterocycles. The maximum Gasteiger partial charge on any atom is 0.339 e. The summed E-state index contributed by atoms with van der Waals surface area (Å²) in [5.41, 5.74) is 11.7. The molecule has 9 heteroatoms. The minimum atomic E-state index is -0.949. The Morgan fingerprint density at radius 2 is 1.79 bits per heavy atom. The quantitative estimate of drug-likeness (QED) is 0.281. The minimum Gasteiger partial charge on any atom is -0.490 e. The molecule has 0 amide bonds. The molecule has 1 saturated heterocycles. The molecule has 0 spiro atoms. The second-order valence-electron chi connectivity index (χ2n) is 12.5. The van der Waals surface area contributed by atoms with Crippen molar-refractivity contribution >= 4 is 5.97 Å². The number of ether oxygens (including phenoxy) is 2. The largest absolute Gasteiger partial charge is 0.490 e. The topological polar surface area (TPSA) is 101 Å². The number of hydrogen-bond donors (Lipinski definition) is 3. The number of nitrogens with zero attached hydrogens (tertiary/aromatic N) is 3. The van der Waals surface area contributed by atoms with Crippen LogP contribution in [-0.4, -0.2) is 51.2 Å². The molecule has 3 N–H and O–H groups in total. The Kier molecular flexibility index (Phi) is 7.84. The molecule has 9 nitrogen and oxygen atoms in total. The lowest BCUT2D eigenvalue weighted by Crippen LogP contribution is -2.45. The van der Waals surface area contributed by atoms with Gasteiger partial charge >= 0.3 is 5.97 Å². The van der Waals surface area contributed by atoms with Crippen molar-refractivity contribution in [2.75, 3.05) is 13.2 Å². The Morgan fingerprint density at radius 3 is 2.58 bits per heavy atom. The van der Waals surface area contributed by atoms with E-state index in [1.807, 2.05) is 28.9 Å². The summed E-state index contributed by atoms with van der Waals surface area (Å²) in [6.45, 7) is 3.74. The van der Waals surface area contributed by atoms with E-state index in [9.17, 15) is 9.90 Å². The SMILES string of the molecule is C[C@H](Oc1cccc(-c2cccc(-n3ncc(C(=O)O)c3[C@@H]3C[C@H]3C3=CN(C4CCOCC4)NN3)c2)c1)C1CCCCC1. The zero-order chi connectivity index (χ0) is 29.3. The lowest BCUT2D eigenvalue weighted by molar-refractivity contribution is 0.0348. The van der Waals surface area contributed by atoms with Crippen LogP contribution < -0.4 is 15.7 Å². The molecule has 2 aromatic carbocycles. The third-order valence-corrected chi connectivity index (χ3v) is 9.66. The van der Waals surface area contributed by atoms with E-state index in [0.717, 1.165) is 66.4 Å². The van der Waals surface area contributed by atoms with Crippen LogP contribution in [0.25, 0.3) is 16.8 Å². The fourth-order valence-corrected chi connectivity index (χ4v) is 7.10. The first-order valence-corrected chi connectivity index (χ1v) is 15.8. The van der Waals surface area contributed by atoms with Gasteiger partial charge in [0.2, 0.25) is 0 Å². The van der Waals surface area contributed by atoms with Crippen LogP contribution in [0.2, 0.25) is 0 Å². The van der Waals surface area contributed by atoms with Crippen molar-refractivity contribution in [2.45, 2.75) is 76.4 Å². The fraction of sp³-hybridized carbons (Fsp3) is 0.471. The van der Waals surface area contributed by atoms with E-state index in [2.05, 4.69) is 58.5 Å². The highest BCUT2D eigenvalue weighted by molar-refractivity contribution is 5.89. The average Bonchev–Trinajstić information content (AvgIpc) is 3.45. The van der Waals surface area contributed by atoms with E-state index < -0.39 is 5.97 Å². The van der Waals surface area contributed by atoms with E-state index >= 15 is 0 Å². The molecule has 2 aliphatic heterocycles. The molecule has 0 bridgehead atoms. The molecular weight excluding hydrogens is 542 g/mol. The highest BCUT2D eigenvalue weighted by Gasteiger charge is 2.47. The standard InChI is InChI=1S/C34H41N5O4/c1-22(23-7-3-2-4-8-23)43-28-12-6-10-25(18-28)24-9-5-11-27(17-24)39-33(31(20-35-39)34(40)41)30-19-29(30)32-21-38(37-36-32)26-13-15-42-16-14-26/h5-6,9-12,17-18,20-23,26,29-30,36-37H,2-4,7-8,13-16,19H2,1H3,(H,40,41)/t22-,29+,30+/m0/s1. The van der Waals surface area contributed by atoms with Gasteiger partial charge in [0, 0.05) is 36.9 Å². The van der Waals surface area contributed by atoms with Gasteiger partial charge in [0.05, 0.1) is 29.7 Å². The van der Waals surface area contributed by atoms with Gasteiger partial charge in [-0.2, -0.15) is 5.10 Å². The van der Waals surface area contributed by atoms with Crippen molar-refractivity contribution in [1.82, 2.24) is 25.7 Å². The van der Waals surface area contributed by atoms with Crippen molar-refractivity contribution in [2.24, 2.45) is 11.8 Å². The van der Waals surface area contributed by atoms with Crippen molar-refractivity contribution in [3.63, 3.8) is 0 Å². The van der Waals surface area contributed by atoms with Crippen LogP contribution in [0.4, 0.5) is 0 Å². The highest BCUT2D eigenvalue weighted by Crippen LogP contribution is 2.53. The van der Waals surface area contributed by atoms with Gasteiger partial charge in [0.15, 0.2) is 0 Å². The average molecular weight is 584 g/mol. The van der Waals surface area contributed by atoms with Crippen LogP contribution in [0.3, 0.4) is 0 Å². The Labute approximate surface area is 252 Å². The molecule has 4 aliphatic rings. The van der Waals surface area contributed by atoms with Gasteiger partial charge in [-0.1, -0.05) is 43.5 Å². The first-order valence-electron chi connectivity index (χ1n) is 15.8. The number of aromatic nitrogens is 2. The van der Waals surface area contributed by atoms with Crippen LogP contribution in [0.1, 0.15) is 80.3 Å². The number of carboxylic acid groups (broad SMARTS) is 1. The van der Waals surface area contributed by atoms with E-state index in [1.165, 1.54) is 38.3 Å². The maximum absolute atomic E-state index is 12.3. The lowest BCUT2D eigenvalue weighted by Gasteiger charge is -2.30. The van der Waals surface area contributed by atoms with Crippen molar-refractivity contribution in [3.8, 4) is 22.6 Å². The second-order valence-corrected chi connectivity index (χ2v) is 12.5. The summed E-state index contributed by atoms with van der Waals surface area (Å²) >= 11 is 0. The molecule has 0 unspecified atom stereocenters. The first kappa shape index (κ1) is 28.0. The Balaban J connectivity index is 1.12. The number of nitrogens with one attached hydrogen (secondary N) is 2. The van der Waals surface area contributed by atoms with Gasteiger partial charge in [-0.05, 0) is 80.3 Å². The second kappa shape index (κ2) is 12.1. The molecule has 3 heterocycles. The Morgan fingerprint density at radius 1 is 1.02 bits per heavy atom. The predicted molar refractivity (Wildman–Crippen MR) is 164 cm³/mol. The molecule has 0 radical (unpaired) electrons. The number of aromatic carboxylic acids is 1. The van der Waals surface area contributed by atoms with Gasteiger partial charge in [0.1, 0.15) is 11.3 Å². The van der Waals surface area contributed by atoms with Crippen LogP contribution in [0, 0.1) is 11.8 Å².